The molecule has 1 saturated heterocycles. The maximum Gasteiger partial charge on any atom is 0.267 e. The van der Waals surface area contributed by atoms with Crippen LogP contribution in [0.2, 0.25) is 0 Å². The van der Waals surface area contributed by atoms with Crippen LogP contribution in [0.1, 0.15) is 12.2 Å². The van der Waals surface area contributed by atoms with Crippen LogP contribution in [-0.4, -0.2) is 76.7 Å². The molecule has 0 saturated carbocycles. The number of ether oxygens (including phenoxy) is 3. The van der Waals surface area contributed by atoms with Crippen molar-refractivity contribution in [3.05, 3.63) is 58.6 Å². The third-order valence-corrected chi connectivity index (χ3v) is 6.88. The molecule has 186 valence electrons. The molecular weight excluding hydrogens is 464 g/mol. The van der Waals surface area contributed by atoms with Crippen molar-refractivity contribution in [2.45, 2.75) is 25.5 Å². The van der Waals surface area contributed by atoms with Gasteiger partial charge in [0.05, 0.1) is 10.9 Å². The van der Waals surface area contributed by atoms with E-state index in [1.807, 2.05) is 18.2 Å². The van der Waals surface area contributed by atoms with E-state index in [0.717, 1.165) is 18.7 Å². The van der Waals surface area contributed by atoms with Crippen LogP contribution >= 0.6 is 0 Å². The highest BCUT2D eigenvalue weighted by molar-refractivity contribution is 5.83. The zero-order valence-corrected chi connectivity index (χ0v) is 19.7. The van der Waals surface area contributed by atoms with E-state index in [0.29, 0.717) is 60.9 Å². The summed E-state index contributed by atoms with van der Waals surface area (Å²) >= 11 is 0. The van der Waals surface area contributed by atoms with Crippen LogP contribution in [0.3, 0.4) is 0 Å². The zero-order valence-electron chi connectivity index (χ0n) is 19.7. The number of amides is 2. The SMILES string of the molecule is O=C(COc1ccc2nc3n(c(=O)c2c1)CCC3)N1CCN(C(=O)C2COc3ccccc3O2)CC1. The number of carbonyl (C=O) groups is 2. The number of aromatic nitrogens is 2. The predicted octanol–water partition coefficient (Wildman–Crippen LogP) is 1.23. The monoisotopic (exact) mass is 490 g/mol. The molecule has 3 aliphatic rings. The van der Waals surface area contributed by atoms with Crippen LogP contribution in [0.4, 0.5) is 0 Å². The van der Waals surface area contributed by atoms with Gasteiger partial charge in [-0.05, 0) is 36.8 Å². The molecule has 10 nitrogen and oxygen atoms in total. The molecule has 0 N–H and O–H groups in total. The van der Waals surface area contributed by atoms with E-state index in [1.54, 1.807) is 38.6 Å². The Kier molecular flexibility index (Phi) is 5.71. The Morgan fingerprint density at radius 3 is 2.61 bits per heavy atom. The van der Waals surface area contributed by atoms with Crippen LogP contribution in [0.5, 0.6) is 17.2 Å². The lowest BCUT2D eigenvalue weighted by molar-refractivity contribution is -0.146. The summed E-state index contributed by atoms with van der Waals surface area (Å²) < 4.78 is 18.9. The Morgan fingerprint density at radius 2 is 1.78 bits per heavy atom. The van der Waals surface area contributed by atoms with Gasteiger partial charge < -0.3 is 24.0 Å². The minimum Gasteiger partial charge on any atom is -0.485 e. The fraction of sp³-hybridized carbons (Fsp3) is 0.385. The first-order chi connectivity index (χ1) is 17.6. The summed E-state index contributed by atoms with van der Waals surface area (Å²) in [6, 6.07) is 12.4. The summed E-state index contributed by atoms with van der Waals surface area (Å²) in [6.45, 7) is 2.35. The van der Waals surface area contributed by atoms with Crippen LogP contribution in [0.25, 0.3) is 10.9 Å². The first-order valence-corrected chi connectivity index (χ1v) is 12.2. The summed E-state index contributed by atoms with van der Waals surface area (Å²) in [5, 5.41) is 0.495. The standard InChI is InChI=1S/C26H26N4O6/c31-24(16-34-17-7-8-19-18(14-17)25(32)30-9-3-6-23(30)27-19)28-10-12-29(13-11-28)26(33)22-15-35-20-4-1-2-5-21(20)36-22/h1-2,4-5,7-8,14,22H,3,6,9-13,15-16H2. The van der Waals surface area contributed by atoms with Gasteiger partial charge >= 0.3 is 0 Å². The lowest BCUT2D eigenvalue weighted by atomic mass is 10.2. The van der Waals surface area contributed by atoms with Crippen molar-refractivity contribution in [2.75, 3.05) is 39.4 Å². The molecule has 4 heterocycles. The van der Waals surface area contributed by atoms with E-state index in [-0.39, 0.29) is 30.6 Å². The van der Waals surface area contributed by atoms with Gasteiger partial charge in [-0.2, -0.15) is 0 Å². The van der Waals surface area contributed by atoms with Gasteiger partial charge in [0, 0.05) is 39.1 Å². The van der Waals surface area contributed by atoms with Gasteiger partial charge in [0.25, 0.3) is 17.4 Å². The van der Waals surface area contributed by atoms with Crippen molar-refractivity contribution in [2.24, 2.45) is 0 Å². The quantitative estimate of drug-likeness (QED) is 0.542. The molecule has 2 amide bonds. The van der Waals surface area contributed by atoms with Crippen molar-refractivity contribution in [1.29, 1.82) is 0 Å². The van der Waals surface area contributed by atoms with Gasteiger partial charge in [0.1, 0.15) is 18.2 Å². The summed E-state index contributed by atoms with van der Waals surface area (Å²) in [6.07, 6.45) is 1.04. The minimum atomic E-state index is -0.696. The second kappa shape index (κ2) is 9.18. The molecule has 1 fully saturated rings. The van der Waals surface area contributed by atoms with Crippen LogP contribution in [0.15, 0.2) is 47.3 Å². The predicted molar refractivity (Wildman–Crippen MR) is 129 cm³/mol. The highest BCUT2D eigenvalue weighted by Crippen LogP contribution is 2.31. The summed E-state index contributed by atoms with van der Waals surface area (Å²) in [4.78, 5) is 46.4. The second-order valence-electron chi connectivity index (χ2n) is 9.13. The largest absolute Gasteiger partial charge is 0.485 e. The Labute approximate surface area is 207 Å². The average Bonchev–Trinajstić information content (AvgIpc) is 3.40. The molecule has 1 atom stereocenters. The molecule has 0 bridgehead atoms. The molecule has 3 aliphatic heterocycles. The van der Waals surface area contributed by atoms with Crippen molar-refractivity contribution in [1.82, 2.24) is 19.4 Å². The third-order valence-electron chi connectivity index (χ3n) is 6.88. The molecular formula is C26H26N4O6. The zero-order chi connectivity index (χ0) is 24.6. The summed E-state index contributed by atoms with van der Waals surface area (Å²) in [5.74, 6) is 2.16. The Balaban J connectivity index is 1.03. The number of rotatable bonds is 4. The van der Waals surface area contributed by atoms with Crippen LogP contribution < -0.4 is 19.8 Å². The minimum absolute atomic E-state index is 0.0686. The molecule has 0 radical (unpaired) electrons. The van der Waals surface area contributed by atoms with Gasteiger partial charge in [0.15, 0.2) is 18.1 Å². The van der Waals surface area contributed by atoms with Gasteiger partial charge in [-0.15, -0.1) is 0 Å². The number of nitrogens with zero attached hydrogens (tertiary/aromatic N) is 4. The number of hydrogen-bond donors (Lipinski definition) is 0. The van der Waals surface area contributed by atoms with E-state index in [4.69, 9.17) is 14.2 Å². The highest BCUT2D eigenvalue weighted by Gasteiger charge is 2.33. The Hall–Kier alpha value is -4.08. The molecule has 3 aromatic rings. The molecule has 6 rings (SSSR count). The average molecular weight is 491 g/mol. The van der Waals surface area contributed by atoms with Crippen molar-refractivity contribution in [3.8, 4) is 17.2 Å². The first kappa shape index (κ1) is 22.4. The molecule has 0 aliphatic carbocycles. The van der Waals surface area contributed by atoms with E-state index in [9.17, 15) is 14.4 Å². The lowest BCUT2D eigenvalue weighted by Crippen LogP contribution is -2.55. The molecule has 36 heavy (non-hydrogen) atoms. The van der Waals surface area contributed by atoms with E-state index in [2.05, 4.69) is 4.98 Å². The van der Waals surface area contributed by atoms with Crippen LogP contribution in [0, 0.1) is 0 Å². The van der Waals surface area contributed by atoms with Crippen molar-refractivity contribution in [3.63, 3.8) is 0 Å². The molecule has 1 aromatic heterocycles. The van der Waals surface area contributed by atoms with Gasteiger partial charge in [0.2, 0.25) is 6.10 Å². The molecule has 10 heteroatoms. The van der Waals surface area contributed by atoms with Crippen molar-refractivity contribution >= 4 is 22.7 Å². The van der Waals surface area contributed by atoms with Crippen molar-refractivity contribution < 1.29 is 23.8 Å². The normalized spacial score (nSPS) is 18.7. The fourth-order valence-corrected chi connectivity index (χ4v) is 4.91. The number of fused-ring (bicyclic) bond motifs is 3. The highest BCUT2D eigenvalue weighted by atomic mass is 16.6. The van der Waals surface area contributed by atoms with Gasteiger partial charge in [-0.3, -0.25) is 19.0 Å². The maximum atomic E-state index is 12.9. The molecule has 2 aromatic carbocycles. The first-order valence-electron chi connectivity index (χ1n) is 12.2. The maximum absolute atomic E-state index is 12.9. The summed E-state index contributed by atoms with van der Waals surface area (Å²) in [5.41, 5.74) is 0.573. The topological polar surface area (TPSA) is 103 Å². The van der Waals surface area contributed by atoms with Gasteiger partial charge in [-0.25, -0.2) is 4.98 Å². The van der Waals surface area contributed by atoms with E-state index in [1.165, 1.54) is 0 Å². The van der Waals surface area contributed by atoms with E-state index < -0.39 is 6.10 Å². The fourth-order valence-electron chi connectivity index (χ4n) is 4.91. The number of hydrogen-bond acceptors (Lipinski definition) is 7. The second-order valence-corrected chi connectivity index (χ2v) is 9.13. The Bertz CT molecular complexity index is 1390. The lowest BCUT2D eigenvalue weighted by Gasteiger charge is -2.37. The Morgan fingerprint density at radius 1 is 1.00 bits per heavy atom. The van der Waals surface area contributed by atoms with Crippen LogP contribution in [-0.2, 0) is 22.6 Å². The smallest absolute Gasteiger partial charge is 0.267 e. The third kappa shape index (κ3) is 4.12. The number of carbonyl (C=O) groups excluding carboxylic acids is 2. The molecule has 1 unspecified atom stereocenters. The number of para-hydroxylation sites is 2. The van der Waals surface area contributed by atoms with E-state index >= 15 is 0 Å². The van der Waals surface area contributed by atoms with Gasteiger partial charge in [-0.1, -0.05) is 12.1 Å². The molecule has 0 spiro atoms. The number of aryl methyl sites for hydroxylation is 1. The summed E-state index contributed by atoms with van der Waals surface area (Å²) in [7, 11) is 0. The number of piperazine rings is 1. The number of benzene rings is 2.